The van der Waals surface area contributed by atoms with Crippen LogP contribution < -0.4 is 11.1 Å². The summed E-state index contributed by atoms with van der Waals surface area (Å²) in [5, 5.41) is 9.73. The number of amidine groups is 1. The number of ether oxygens (including phenoxy) is 1. The number of rotatable bonds is 3. The number of halogens is 5. The molecule has 162 valence electrons. The maximum atomic E-state index is 15.2. The van der Waals surface area contributed by atoms with Gasteiger partial charge in [-0.15, -0.1) is 22.6 Å². The molecule has 12 heteroatoms. The summed E-state index contributed by atoms with van der Waals surface area (Å²) in [6, 6.07) is 5.45. The van der Waals surface area contributed by atoms with Gasteiger partial charge in [0.1, 0.15) is 5.82 Å². The topological polar surface area (TPSA) is 102 Å². The Labute approximate surface area is 181 Å². The lowest BCUT2D eigenvalue weighted by atomic mass is 9.77. The van der Waals surface area contributed by atoms with Crippen molar-refractivity contribution in [3.05, 3.63) is 52.6 Å². The monoisotopic (exact) mass is 463 g/mol. The second-order valence-corrected chi connectivity index (χ2v) is 7.49. The molecule has 0 saturated carbocycles. The average Bonchev–Trinajstić information content (AvgIpc) is 2.61. The summed E-state index contributed by atoms with van der Waals surface area (Å²) >= 11 is 5.63. The van der Waals surface area contributed by atoms with Gasteiger partial charge in [0.05, 0.1) is 0 Å². The number of alkyl halides is 2. The van der Waals surface area contributed by atoms with Crippen molar-refractivity contribution in [3.63, 3.8) is 0 Å². The molecule has 1 aromatic heterocycles. The zero-order valence-electron chi connectivity index (χ0n) is 16.0. The fourth-order valence-electron chi connectivity index (χ4n) is 3.06. The summed E-state index contributed by atoms with van der Waals surface area (Å²) < 4.78 is 49.9. The molecular weight excluding hydrogens is 446 g/mol. The minimum absolute atomic E-state index is 0. The summed E-state index contributed by atoms with van der Waals surface area (Å²) in [6.45, 7) is 3.32. The number of aliphatic imine (C=N–C) groups is 1. The van der Waals surface area contributed by atoms with E-state index in [1.165, 1.54) is 18.2 Å². The number of benzene rings is 1. The fourth-order valence-corrected chi connectivity index (χ4v) is 3.16. The van der Waals surface area contributed by atoms with Crippen LogP contribution in [0.5, 0.6) is 0 Å². The zero-order chi connectivity index (χ0) is 21.6. The van der Waals surface area contributed by atoms with Gasteiger partial charge in [0.2, 0.25) is 0 Å². The van der Waals surface area contributed by atoms with E-state index in [9.17, 15) is 9.18 Å². The number of carbonyl (C=O) groups excluding carboxylic acids is 1. The zero-order valence-corrected chi connectivity index (χ0v) is 17.6. The smallest absolute Gasteiger partial charge is 0.315 e. The quantitative estimate of drug-likeness (QED) is 0.717. The van der Waals surface area contributed by atoms with Crippen LogP contribution in [0.4, 0.5) is 18.9 Å². The maximum absolute atomic E-state index is 15.2. The third-order valence-electron chi connectivity index (χ3n) is 4.67. The van der Waals surface area contributed by atoms with Crippen molar-refractivity contribution < 1.29 is 22.7 Å². The molecule has 0 radical (unpaired) electrons. The Hall–Kier alpha value is -2.59. The van der Waals surface area contributed by atoms with E-state index in [-0.39, 0.29) is 28.9 Å². The van der Waals surface area contributed by atoms with Crippen LogP contribution in [-0.2, 0) is 10.3 Å². The number of nitrogens with two attached hydrogens (primary N) is 1. The molecule has 30 heavy (non-hydrogen) atoms. The van der Waals surface area contributed by atoms with Crippen LogP contribution >= 0.6 is 24.0 Å². The van der Waals surface area contributed by atoms with Gasteiger partial charge < -0.3 is 15.8 Å². The number of hydrogen-bond acceptors (Lipinski definition) is 6. The lowest BCUT2D eigenvalue weighted by molar-refractivity contribution is -0.207. The molecule has 1 aliphatic rings. The first-order chi connectivity index (χ1) is 13.4. The summed E-state index contributed by atoms with van der Waals surface area (Å²) in [6.07, 6.45) is 0. The van der Waals surface area contributed by atoms with Crippen LogP contribution in [0.15, 0.2) is 35.3 Å². The van der Waals surface area contributed by atoms with Crippen LogP contribution in [0.2, 0.25) is 5.15 Å². The maximum Gasteiger partial charge on any atom is 0.315 e. The molecule has 0 aliphatic carbocycles. The Morgan fingerprint density at radius 3 is 2.43 bits per heavy atom. The van der Waals surface area contributed by atoms with E-state index in [2.05, 4.69) is 20.5 Å². The Kier molecular flexibility index (Phi) is 6.25. The third kappa shape index (κ3) is 3.89. The van der Waals surface area contributed by atoms with E-state index >= 15 is 8.78 Å². The van der Waals surface area contributed by atoms with Gasteiger partial charge in [-0.2, -0.15) is 8.78 Å². The molecule has 0 fully saturated rings. The van der Waals surface area contributed by atoms with Gasteiger partial charge in [-0.05, 0) is 51.1 Å². The van der Waals surface area contributed by atoms with E-state index in [4.69, 9.17) is 22.1 Å². The van der Waals surface area contributed by atoms with Gasteiger partial charge in [-0.1, -0.05) is 11.6 Å². The number of carbonyl (C=O) groups is 1. The predicted octanol–water partition coefficient (Wildman–Crippen LogP) is 3.92. The molecule has 0 saturated heterocycles. The minimum atomic E-state index is -3.63. The molecular formula is C18H18Cl2F3N5O2. The molecule has 2 aromatic rings. The van der Waals surface area contributed by atoms with Crippen molar-refractivity contribution in [1.82, 2.24) is 10.2 Å². The highest BCUT2D eigenvalue weighted by molar-refractivity contribution is 6.29. The van der Waals surface area contributed by atoms with Crippen LogP contribution in [0.3, 0.4) is 0 Å². The number of nitrogens with one attached hydrogen (secondary N) is 1. The number of nitrogens with zero attached hydrogens (tertiary/aromatic N) is 3. The fraction of sp³-hybridized carbons (Fsp3) is 0.333. The molecule has 1 amide bonds. The highest BCUT2D eigenvalue weighted by atomic mass is 35.5. The lowest BCUT2D eigenvalue weighted by Gasteiger charge is -2.46. The van der Waals surface area contributed by atoms with Crippen molar-refractivity contribution in [1.29, 1.82) is 0 Å². The van der Waals surface area contributed by atoms with E-state index in [0.29, 0.717) is 0 Å². The summed E-state index contributed by atoms with van der Waals surface area (Å²) in [5.74, 6) is -5.25. The number of aromatic nitrogens is 2. The van der Waals surface area contributed by atoms with E-state index < -0.39 is 40.4 Å². The van der Waals surface area contributed by atoms with Crippen LogP contribution in [0.1, 0.15) is 36.8 Å². The molecule has 3 rings (SSSR count). The van der Waals surface area contributed by atoms with Crippen molar-refractivity contribution >= 4 is 41.6 Å². The SMILES string of the molecule is CC1(C)OC(N)=N[C@](C)(c2cc(NC(=O)c3ccc(Cl)nn3)ccc2F)C1(F)F.Cl. The van der Waals surface area contributed by atoms with Gasteiger partial charge in [0.25, 0.3) is 11.9 Å². The van der Waals surface area contributed by atoms with Gasteiger partial charge in [-0.3, -0.25) is 4.79 Å². The Balaban J connectivity index is 0.00000320. The molecule has 0 unspecified atom stereocenters. The summed E-state index contributed by atoms with van der Waals surface area (Å²) in [4.78, 5) is 16.0. The standard InChI is InChI=1S/C18H17ClF3N5O2.ClH/c1-16(2)18(21,22)17(3,25-15(23)29-16)10-8-9(4-5-11(10)20)24-14(28)12-6-7-13(19)27-26-12;/h4-8H,1-3H3,(H2,23,25)(H,24,28);1H/t17-;/m1./s1. The van der Waals surface area contributed by atoms with Gasteiger partial charge >= 0.3 is 5.92 Å². The first kappa shape index (κ1) is 23.7. The van der Waals surface area contributed by atoms with Gasteiger partial charge in [0.15, 0.2) is 22.0 Å². The molecule has 3 N–H and O–H groups in total. The Morgan fingerprint density at radius 2 is 1.83 bits per heavy atom. The molecule has 7 nitrogen and oxygen atoms in total. The highest BCUT2D eigenvalue weighted by Crippen LogP contribution is 2.51. The second kappa shape index (κ2) is 7.92. The Bertz CT molecular complexity index is 1000. The van der Waals surface area contributed by atoms with Crippen molar-refractivity contribution in [2.75, 3.05) is 5.32 Å². The molecule has 1 atom stereocenters. The average molecular weight is 464 g/mol. The molecule has 0 spiro atoms. The third-order valence-corrected chi connectivity index (χ3v) is 4.88. The molecule has 1 aliphatic heterocycles. The van der Waals surface area contributed by atoms with Crippen LogP contribution in [-0.4, -0.2) is 33.6 Å². The van der Waals surface area contributed by atoms with E-state index in [1.54, 1.807) is 0 Å². The highest BCUT2D eigenvalue weighted by Gasteiger charge is 2.66. The van der Waals surface area contributed by atoms with Crippen LogP contribution in [0, 0.1) is 5.82 Å². The van der Waals surface area contributed by atoms with E-state index in [0.717, 1.165) is 32.9 Å². The lowest BCUT2D eigenvalue weighted by Crippen LogP contribution is -2.62. The second-order valence-electron chi connectivity index (χ2n) is 7.10. The van der Waals surface area contributed by atoms with Gasteiger partial charge in [-0.25, -0.2) is 9.38 Å². The predicted molar refractivity (Wildman–Crippen MR) is 108 cm³/mol. The number of hydrogen-bond donors (Lipinski definition) is 2. The minimum Gasteiger partial charge on any atom is -0.453 e. The first-order valence-electron chi connectivity index (χ1n) is 8.40. The molecule has 2 heterocycles. The number of anilines is 1. The Morgan fingerprint density at radius 1 is 1.17 bits per heavy atom. The molecule has 1 aromatic carbocycles. The first-order valence-corrected chi connectivity index (χ1v) is 8.78. The molecule has 0 bridgehead atoms. The normalized spacial score (nSPS) is 21.6. The van der Waals surface area contributed by atoms with Crippen molar-refractivity contribution in [2.24, 2.45) is 10.7 Å². The van der Waals surface area contributed by atoms with Gasteiger partial charge in [0, 0.05) is 11.3 Å². The van der Waals surface area contributed by atoms with Crippen molar-refractivity contribution in [2.45, 2.75) is 37.8 Å². The summed E-state index contributed by atoms with van der Waals surface area (Å²) in [5.41, 5.74) is 0.697. The van der Waals surface area contributed by atoms with Crippen LogP contribution in [0.25, 0.3) is 0 Å². The van der Waals surface area contributed by atoms with E-state index in [1.807, 2.05) is 0 Å². The largest absolute Gasteiger partial charge is 0.453 e. The summed E-state index contributed by atoms with van der Waals surface area (Å²) in [7, 11) is 0. The van der Waals surface area contributed by atoms with Crippen molar-refractivity contribution in [3.8, 4) is 0 Å². The number of amides is 1.